The third kappa shape index (κ3) is 2.83. The van der Waals surface area contributed by atoms with Crippen LogP contribution in [0, 0.1) is 5.95 Å². The predicted molar refractivity (Wildman–Crippen MR) is 83.3 cm³/mol. The number of likely N-dealkylation sites (tertiary alicyclic amines) is 1. The second-order valence-corrected chi connectivity index (χ2v) is 6.38. The van der Waals surface area contributed by atoms with Crippen molar-refractivity contribution in [3.05, 3.63) is 59.9 Å². The van der Waals surface area contributed by atoms with Crippen molar-refractivity contribution < 1.29 is 9.18 Å². The minimum absolute atomic E-state index is 0.106. The van der Waals surface area contributed by atoms with Gasteiger partial charge in [-0.05, 0) is 54.2 Å². The van der Waals surface area contributed by atoms with Gasteiger partial charge < -0.3 is 4.90 Å². The number of aromatic nitrogens is 2. The third-order valence-electron chi connectivity index (χ3n) is 4.97. The molecule has 1 aliphatic heterocycles. The molecule has 2 aliphatic rings. The summed E-state index contributed by atoms with van der Waals surface area (Å²) in [7, 11) is 0. The molecule has 3 atom stereocenters. The summed E-state index contributed by atoms with van der Waals surface area (Å²) < 4.78 is 13.3. The number of piperidine rings is 1. The largest absolute Gasteiger partial charge is 0.339 e. The molecule has 0 spiro atoms. The monoisotopic (exact) mass is 311 g/mol. The van der Waals surface area contributed by atoms with Crippen molar-refractivity contribution in [2.24, 2.45) is 0 Å². The Hall–Kier alpha value is -2.30. The van der Waals surface area contributed by atoms with Crippen molar-refractivity contribution in [1.82, 2.24) is 14.9 Å². The first-order valence-electron chi connectivity index (χ1n) is 8.03. The minimum atomic E-state index is -0.475. The predicted octanol–water partition coefficient (Wildman–Crippen LogP) is 2.88. The number of nitrogens with zero attached hydrogens (tertiary/aromatic N) is 3. The molecule has 4 nitrogen and oxygen atoms in total. The molecule has 1 saturated heterocycles. The number of carbonyl (C=O) groups excluding carboxylic acids is 1. The zero-order valence-electron chi connectivity index (χ0n) is 12.7. The topological polar surface area (TPSA) is 46.1 Å². The fraction of sp³-hybridized carbons (Fsp3) is 0.389. The average Bonchev–Trinajstić information content (AvgIpc) is 3.36. The molecule has 3 heterocycles. The lowest BCUT2D eigenvalue weighted by molar-refractivity contribution is -0.134. The van der Waals surface area contributed by atoms with Crippen LogP contribution in [0.4, 0.5) is 4.39 Å². The zero-order valence-corrected chi connectivity index (χ0v) is 12.7. The van der Waals surface area contributed by atoms with E-state index in [1.807, 2.05) is 23.1 Å². The highest BCUT2D eigenvalue weighted by molar-refractivity contribution is 5.79. The van der Waals surface area contributed by atoms with E-state index in [-0.39, 0.29) is 11.8 Å². The molecule has 1 saturated carbocycles. The van der Waals surface area contributed by atoms with Crippen LogP contribution in [-0.4, -0.2) is 33.4 Å². The molecule has 2 aromatic rings. The highest BCUT2D eigenvalue weighted by Crippen LogP contribution is 2.46. The summed E-state index contributed by atoms with van der Waals surface area (Å²) in [6.07, 6.45) is 7.46. The van der Waals surface area contributed by atoms with Gasteiger partial charge in [0, 0.05) is 43.5 Å². The van der Waals surface area contributed by atoms with Gasteiger partial charge in [0.15, 0.2) is 0 Å². The second kappa shape index (κ2) is 5.72. The van der Waals surface area contributed by atoms with Gasteiger partial charge in [-0.1, -0.05) is 0 Å². The summed E-state index contributed by atoms with van der Waals surface area (Å²) in [5.74, 6) is 0.253. The SMILES string of the molecule is O=C1CC(c2ccnc(F)c2)CCN1C1CC1c1ccncc1. The van der Waals surface area contributed by atoms with Gasteiger partial charge in [0.2, 0.25) is 11.9 Å². The standard InChI is InChI=1S/C18H18FN3O/c19-17-9-13(3-7-21-17)14-4-8-22(18(23)10-14)16-11-15(16)12-1-5-20-6-2-12/h1-3,5-7,9,14-16H,4,8,10-11H2. The molecule has 0 aromatic carbocycles. The Labute approximate surface area is 134 Å². The molecule has 118 valence electrons. The molecule has 0 N–H and O–H groups in total. The normalized spacial score (nSPS) is 27.1. The fourth-order valence-corrected chi connectivity index (χ4v) is 3.65. The van der Waals surface area contributed by atoms with Crippen molar-refractivity contribution in [2.45, 2.75) is 37.1 Å². The van der Waals surface area contributed by atoms with E-state index in [0.29, 0.717) is 18.4 Å². The molecule has 1 amide bonds. The Kier molecular flexibility index (Phi) is 3.56. The molecule has 5 heteroatoms. The number of carbonyl (C=O) groups is 1. The first-order chi connectivity index (χ1) is 11.2. The molecule has 2 fully saturated rings. The van der Waals surface area contributed by atoms with E-state index < -0.39 is 5.95 Å². The van der Waals surface area contributed by atoms with Crippen LogP contribution in [-0.2, 0) is 4.79 Å². The van der Waals surface area contributed by atoms with Crippen LogP contribution in [0.15, 0.2) is 42.9 Å². The molecule has 23 heavy (non-hydrogen) atoms. The van der Waals surface area contributed by atoms with Gasteiger partial charge in [-0.2, -0.15) is 4.39 Å². The van der Waals surface area contributed by atoms with Gasteiger partial charge in [0.1, 0.15) is 0 Å². The quantitative estimate of drug-likeness (QED) is 0.819. The van der Waals surface area contributed by atoms with Gasteiger partial charge in [0.25, 0.3) is 0 Å². The summed E-state index contributed by atoms with van der Waals surface area (Å²) in [6.45, 7) is 0.750. The van der Waals surface area contributed by atoms with Crippen LogP contribution in [0.1, 0.15) is 42.2 Å². The number of hydrogen-bond acceptors (Lipinski definition) is 3. The van der Waals surface area contributed by atoms with E-state index in [4.69, 9.17) is 0 Å². The number of hydrogen-bond donors (Lipinski definition) is 0. The van der Waals surface area contributed by atoms with Gasteiger partial charge in [-0.3, -0.25) is 9.78 Å². The van der Waals surface area contributed by atoms with Crippen molar-refractivity contribution in [1.29, 1.82) is 0 Å². The van der Waals surface area contributed by atoms with Gasteiger partial charge in [-0.25, -0.2) is 4.98 Å². The number of rotatable bonds is 3. The number of amides is 1. The van der Waals surface area contributed by atoms with E-state index in [0.717, 1.165) is 24.9 Å². The number of halogens is 1. The summed E-state index contributed by atoms with van der Waals surface area (Å²) in [6, 6.07) is 7.64. The maximum atomic E-state index is 13.3. The molecule has 3 unspecified atom stereocenters. The summed E-state index contributed by atoms with van der Waals surface area (Å²) in [5.41, 5.74) is 2.14. The Morgan fingerprint density at radius 3 is 2.65 bits per heavy atom. The van der Waals surface area contributed by atoms with Crippen LogP contribution in [0.2, 0.25) is 0 Å². The lowest BCUT2D eigenvalue weighted by Crippen LogP contribution is -2.40. The maximum absolute atomic E-state index is 13.3. The lowest BCUT2D eigenvalue weighted by Gasteiger charge is -2.32. The van der Waals surface area contributed by atoms with Crippen LogP contribution in [0.5, 0.6) is 0 Å². The van der Waals surface area contributed by atoms with Crippen LogP contribution in [0.3, 0.4) is 0 Å². The van der Waals surface area contributed by atoms with Crippen molar-refractivity contribution in [3.8, 4) is 0 Å². The molecule has 2 aromatic heterocycles. The second-order valence-electron chi connectivity index (χ2n) is 6.38. The van der Waals surface area contributed by atoms with Gasteiger partial charge >= 0.3 is 0 Å². The molecule has 4 rings (SSSR count). The molecule has 1 aliphatic carbocycles. The molecular formula is C18H18FN3O. The van der Waals surface area contributed by atoms with Crippen LogP contribution in [0.25, 0.3) is 0 Å². The highest BCUT2D eigenvalue weighted by Gasteiger charge is 2.46. The average molecular weight is 311 g/mol. The van der Waals surface area contributed by atoms with E-state index in [2.05, 4.69) is 9.97 Å². The highest BCUT2D eigenvalue weighted by atomic mass is 19.1. The number of pyridine rings is 2. The van der Waals surface area contributed by atoms with Crippen molar-refractivity contribution in [3.63, 3.8) is 0 Å². The van der Waals surface area contributed by atoms with Crippen LogP contribution < -0.4 is 0 Å². The Balaban J connectivity index is 1.42. The summed E-state index contributed by atoms with van der Waals surface area (Å²) in [5, 5.41) is 0. The Morgan fingerprint density at radius 1 is 1.13 bits per heavy atom. The van der Waals surface area contributed by atoms with Gasteiger partial charge in [-0.15, -0.1) is 0 Å². The van der Waals surface area contributed by atoms with Gasteiger partial charge in [0.05, 0.1) is 0 Å². The zero-order chi connectivity index (χ0) is 15.8. The fourth-order valence-electron chi connectivity index (χ4n) is 3.65. The van der Waals surface area contributed by atoms with E-state index in [1.165, 1.54) is 17.8 Å². The van der Waals surface area contributed by atoms with Crippen molar-refractivity contribution in [2.75, 3.05) is 6.54 Å². The van der Waals surface area contributed by atoms with E-state index in [1.54, 1.807) is 12.4 Å². The summed E-state index contributed by atoms with van der Waals surface area (Å²) in [4.78, 5) is 22.2. The van der Waals surface area contributed by atoms with E-state index >= 15 is 0 Å². The smallest absolute Gasteiger partial charge is 0.223 e. The summed E-state index contributed by atoms with van der Waals surface area (Å²) >= 11 is 0. The molecule has 0 radical (unpaired) electrons. The van der Waals surface area contributed by atoms with Crippen LogP contribution >= 0.6 is 0 Å². The molecule has 0 bridgehead atoms. The first-order valence-corrected chi connectivity index (χ1v) is 8.03. The lowest BCUT2D eigenvalue weighted by atomic mass is 9.89. The maximum Gasteiger partial charge on any atom is 0.223 e. The van der Waals surface area contributed by atoms with E-state index in [9.17, 15) is 9.18 Å². The van der Waals surface area contributed by atoms with Crippen molar-refractivity contribution >= 4 is 5.91 Å². The first kappa shape index (κ1) is 14.3. The Bertz CT molecular complexity index is 721. The Morgan fingerprint density at radius 2 is 1.91 bits per heavy atom. The molecular weight excluding hydrogens is 293 g/mol. The third-order valence-corrected chi connectivity index (χ3v) is 4.97. The minimum Gasteiger partial charge on any atom is -0.339 e.